The Labute approximate surface area is 252 Å². The van der Waals surface area contributed by atoms with Gasteiger partial charge in [-0.25, -0.2) is 8.42 Å². The molecule has 0 saturated carbocycles. The van der Waals surface area contributed by atoms with E-state index >= 15 is 0 Å². The summed E-state index contributed by atoms with van der Waals surface area (Å²) in [5.41, 5.74) is 1.71. The van der Waals surface area contributed by atoms with Crippen molar-refractivity contribution in [2.75, 3.05) is 18.0 Å². The Bertz CT molecular complexity index is 1480. The number of benzene rings is 3. The van der Waals surface area contributed by atoms with E-state index < -0.39 is 28.5 Å². The van der Waals surface area contributed by atoms with E-state index in [4.69, 9.17) is 27.9 Å². The zero-order valence-electron chi connectivity index (χ0n) is 23.7. The zero-order chi connectivity index (χ0) is 30.3. The maximum atomic E-state index is 14.1. The molecule has 220 valence electrons. The quantitative estimate of drug-likeness (QED) is 0.275. The second-order valence-electron chi connectivity index (χ2n) is 9.85. The summed E-state index contributed by atoms with van der Waals surface area (Å²) in [4.78, 5) is 28.8. The van der Waals surface area contributed by atoms with Gasteiger partial charge >= 0.3 is 0 Å². The number of hydrogen-bond donors (Lipinski definition) is 1. The Morgan fingerprint density at radius 3 is 2.22 bits per heavy atom. The molecule has 1 N–H and O–H groups in total. The lowest BCUT2D eigenvalue weighted by Crippen LogP contribution is -2.53. The molecule has 11 heteroatoms. The Morgan fingerprint density at radius 1 is 0.976 bits per heavy atom. The molecule has 3 aromatic carbocycles. The van der Waals surface area contributed by atoms with Crippen LogP contribution in [0.4, 0.5) is 5.69 Å². The van der Waals surface area contributed by atoms with E-state index in [1.54, 1.807) is 61.5 Å². The lowest BCUT2D eigenvalue weighted by molar-refractivity contribution is -0.140. The summed E-state index contributed by atoms with van der Waals surface area (Å²) < 4.78 is 34.5. The molecule has 0 spiro atoms. The largest absolute Gasteiger partial charge is 0.495 e. The van der Waals surface area contributed by atoms with E-state index in [1.165, 1.54) is 24.1 Å². The molecule has 8 nitrogen and oxygen atoms in total. The number of carbonyl (C=O) groups is 2. The lowest BCUT2D eigenvalue weighted by atomic mass is 10.1. The number of para-hydroxylation sites is 2. The third kappa shape index (κ3) is 7.93. The molecule has 0 aliphatic carbocycles. The van der Waals surface area contributed by atoms with Gasteiger partial charge in [0.1, 0.15) is 18.3 Å². The lowest BCUT2D eigenvalue weighted by Gasteiger charge is -2.34. The fourth-order valence-corrected chi connectivity index (χ4v) is 6.07. The number of hydrogen-bond acceptors (Lipinski definition) is 5. The molecule has 1 atom stereocenters. The van der Waals surface area contributed by atoms with E-state index in [1.807, 2.05) is 20.8 Å². The van der Waals surface area contributed by atoms with Gasteiger partial charge in [0.05, 0.1) is 27.7 Å². The summed E-state index contributed by atoms with van der Waals surface area (Å²) in [6.45, 7) is 6.72. The maximum absolute atomic E-state index is 14.1. The van der Waals surface area contributed by atoms with Gasteiger partial charge < -0.3 is 15.0 Å². The second-order valence-corrected chi connectivity index (χ2v) is 12.5. The minimum Gasteiger partial charge on any atom is -0.495 e. The Kier molecular flexibility index (Phi) is 11.1. The molecule has 0 aromatic heterocycles. The average molecular weight is 621 g/mol. The minimum absolute atomic E-state index is 0.00406. The van der Waals surface area contributed by atoms with Gasteiger partial charge in [-0.3, -0.25) is 13.9 Å². The number of methoxy groups -OCH3 is 1. The molecule has 0 aliphatic rings. The van der Waals surface area contributed by atoms with Crippen molar-refractivity contribution in [1.82, 2.24) is 10.2 Å². The fraction of sp³-hybridized carbons (Fsp3) is 0.333. The monoisotopic (exact) mass is 619 g/mol. The van der Waals surface area contributed by atoms with Crippen LogP contribution in [0.25, 0.3) is 0 Å². The summed E-state index contributed by atoms with van der Waals surface area (Å²) in [7, 11) is -2.79. The van der Waals surface area contributed by atoms with Gasteiger partial charge in [-0.05, 0) is 69.2 Å². The molecule has 0 saturated heterocycles. The molecular formula is C30H35Cl2N3O5S. The number of rotatable bonds is 12. The van der Waals surface area contributed by atoms with Gasteiger partial charge in [0.15, 0.2) is 0 Å². The van der Waals surface area contributed by atoms with Gasteiger partial charge in [0.2, 0.25) is 11.8 Å². The van der Waals surface area contributed by atoms with Gasteiger partial charge in [0.25, 0.3) is 10.0 Å². The summed E-state index contributed by atoms with van der Waals surface area (Å²) in [5, 5.41) is 3.52. The number of aryl methyl sites for hydroxylation is 1. The van der Waals surface area contributed by atoms with Crippen molar-refractivity contribution in [3.63, 3.8) is 0 Å². The Morgan fingerprint density at radius 2 is 1.63 bits per heavy atom. The number of nitrogens with zero attached hydrogens (tertiary/aromatic N) is 2. The maximum Gasteiger partial charge on any atom is 0.264 e. The summed E-state index contributed by atoms with van der Waals surface area (Å²) in [5.74, 6) is -0.652. The number of carbonyl (C=O) groups excluding carboxylic acids is 2. The summed E-state index contributed by atoms with van der Waals surface area (Å²) in [6.07, 6.45) is 0.297. The Hall–Kier alpha value is -3.27. The fourth-order valence-electron chi connectivity index (χ4n) is 4.32. The second kappa shape index (κ2) is 14.1. The molecule has 2 amide bonds. The van der Waals surface area contributed by atoms with Crippen molar-refractivity contribution >= 4 is 50.7 Å². The van der Waals surface area contributed by atoms with Crippen LogP contribution in [0.3, 0.4) is 0 Å². The number of anilines is 1. The number of sulfonamides is 1. The van der Waals surface area contributed by atoms with Crippen LogP contribution in [0.5, 0.6) is 5.75 Å². The van der Waals surface area contributed by atoms with Crippen LogP contribution < -0.4 is 14.4 Å². The number of halogens is 2. The zero-order valence-corrected chi connectivity index (χ0v) is 26.1. The first-order valence-electron chi connectivity index (χ1n) is 13.1. The van der Waals surface area contributed by atoms with Crippen LogP contribution in [0.1, 0.15) is 38.3 Å². The van der Waals surface area contributed by atoms with Crippen LogP contribution in [0.2, 0.25) is 10.0 Å². The van der Waals surface area contributed by atoms with Gasteiger partial charge in [-0.15, -0.1) is 0 Å². The van der Waals surface area contributed by atoms with Crippen LogP contribution >= 0.6 is 23.2 Å². The summed E-state index contributed by atoms with van der Waals surface area (Å²) >= 11 is 12.3. The molecule has 0 unspecified atom stereocenters. The van der Waals surface area contributed by atoms with Crippen molar-refractivity contribution < 1.29 is 22.7 Å². The molecule has 0 aliphatic heterocycles. The predicted octanol–water partition coefficient (Wildman–Crippen LogP) is 5.84. The highest BCUT2D eigenvalue weighted by Crippen LogP contribution is 2.33. The predicted molar refractivity (Wildman–Crippen MR) is 163 cm³/mol. The van der Waals surface area contributed by atoms with E-state index in [-0.39, 0.29) is 34.8 Å². The van der Waals surface area contributed by atoms with Gasteiger partial charge in [-0.2, -0.15) is 0 Å². The van der Waals surface area contributed by atoms with E-state index in [0.29, 0.717) is 22.0 Å². The van der Waals surface area contributed by atoms with Crippen LogP contribution in [0.15, 0.2) is 71.6 Å². The van der Waals surface area contributed by atoms with E-state index in [2.05, 4.69) is 5.32 Å². The van der Waals surface area contributed by atoms with E-state index in [9.17, 15) is 18.0 Å². The molecule has 0 heterocycles. The highest BCUT2D eigenvalue weighted by molar-refractivity contribution is 7.92. The van der Waals surface area contributed by atoms with E-state index in [0.717, 1.165) is 9.87 Å². The van der Waals surface area contributed by atoms with Crippen LogP contribution in [-0.2, 0) is 26.2 Å². The topological polar surface area (TPSA) is 96.0 Å². The Balaban J connectivity index is 2.11. The minimum atomic E-state index is -4.22. The molecule has 3 aromatic rings. The first-order valence-corrected chi connectivity index (χ1v) is 15.3. The van der Waals surface area contributed by atoms with Gasteiger partial charge in [0, 0.05) is 12.6 Å². The third-order valence-electron chi connectivity index (χ3n) is 6.40. The number of ether oxygens (including phenoxy) is 1. The standard InChI is InChI=1S/C30H35Cl2N3O5S/c1-6-26(30(37)33-20(2)3)34(18-22-13-16-24(31)25(32)17-22)29(36)19-35(27-9-7-8-10-28(27)40-5)41(38,39)23-14-11-21(4)12-15-23/h7-17,20,26H,6,18-19H2,1-5H3,(H,33,37)/t26-/m0/s1. The molecular weight excluding hydrogens is 585 g/mol. The molecule has 0 fully saturated rings. The van der Waals surface area contributed by atoms with Crippen LogP contribution in [-0.4, -0.2) is 50.9 Å². The highest BCUT2D eigenvalue weighted by Gasteiger charge is 2.34. The third-order valence-corrected chi connectivity index (χ3v) is 8.91. The van der Waals surface area contributed by atoms with Crippen LogP contribution in [0, 0.1) is 6.92 Å². The first kappa shape index (κ1) is 32.2. The molecule has 41 heavy (non-hydrogen) atoms. The van der Waals surface area contributed by atoms with Crippen molar-refractivity contribution in [3.05, 3.63) is 87.9 Å². The van der Waals surface area contributed by atoms with Crippen molar-refractivity contribution in [2.24, 2.45) is 0 Å². The normalized spacial score (nSPS) is 12.1. The number of amides is 2. The van der Waals surface area contributed by atoms with Gasteiger partial charge in [-0.1, -0.05) is 66.0 Å². The smallest absolute Gasteiger partial charge is 0.264 e. The highest BCUT2D eigenvalue weighted by atomic mass is 35.5. The number of nitrogens with one attached hydrogen (secondary N) is 1. The molecule has 3 rings (SSSR count). The molecule has 0 radical (unpaired) electrons. The molecule has 0 bridgehead atoms. The van der Waals surface area contributed by atoms with Crippen molar-refractivity contribution in [2.45, 2.75) is 57.6 Å². The van der Waals surface area contributed by atoms with Crippen molar-refractivity contribution in [3.8, 4) is 5.75 Å². The summed E-state index contributed by atoms with van der Waals surface area (Å²) in [6, 6.07) is 16.8. The average Bonchev–Trinajstić information content (AvgIpc) is 2.93. The SMILES string of the molecule is CC[C@@H](C(=O)NC(C)C)N(Cc1ccc(Cl)c(Cl)c1)C(=O)CN(c1ccccc1OC)S(=O)(=O)c1ccc(C)cc1. The first-order chi connectivity index (χ1) is 19.4. The van der Waals surface area contributed by atoms with Crippen molar-refractivity contribution in [1.29, 1.82) is 0 Å².